The van der Waals surface area contributed by atoms with E-state index in [1.54, 1.807) is 0 Å². The Bertz CT molecular complexity index is 754. The first-order valence-corrected chi connectivity index (χ1v) is 12.6. The Balaban J connectivity index is 1.64. The van der Waals surface area contributed by atoms with Gasteiger partial charge in [-0.2, -0.15) is 0 Å². The topological polar surface area (TPSA) is 122 Å². The van der Waals surface area contributed by atoms with Crippen molar-refractivity contribution in [3.63, 3.8) is 0 Å². The van der Waals surface area contributed by atoms with Crippen molar-refractivity contribution < 1.29 is 29.6 Å². The van der Waals surface area contributed by atoms with Crippen LogP contribution in [0.5, 0.6) is 5.75 Å². The van der Waals surface area contributed by atoms with Crippen LogP contribution < -0.4 is 10.5 Å². The summed E-state index contributed by atoms with van der Waals surface area (Å²) in [5.74, 6) is 1.44. The molecule has 7 nitrogen and oxygen atoms in total. The molecule has 2 aliphatic rings. The van der Waals surface area contributed by atoms with Gasteiger partial charge in [-0.1, -0.05) is 31.9 Å². The Labute approximate surface area is 197 Å². The summed E-state index contributed by atoms with van der Waals surface area (Å²) in [4.78, 5) is 12.0. The van der Waals surface area contributed by atoms with E-state index in [0.717, 1.165) is 63.4 Å². The van der Waals surface area contributed by atoms with E-state index in [4.69, 9.17) is 25.4 Å². The maximum absolute atomic E-state index is 12.0. The highest BCUT2D eigenvalue weighted by Crippen LogP contribution is 2.48. The summed E-state index contributed by atoms with van der Waals surface area (Å²) in [5.41, 5.74) is 7.85. The predicted molar refractivity (Wildman–Crippen MR) is 126 cm³/mol. The summed E-state index contributed by atoms with van der Waals surface area (Å²) >= 11 is 0. The molecule has 0 radical (unpaired) electrons. The maximum atomic E-state index is 12.0. The summed E-state index contributed by atoms with van der Waals surface area (Å²) in [6, 6.07) is 5.93. The Hall–Kier alpha value is -1.67. The van der Waals surface area contributed by atoms with Gasteiger partial charge in [0.2, 0.25) is 0 Å². The van der Waals surface area contributed by atoms with Crippen LogP contribution in [0.15, 0.2) is 18.2 Å². The largest absolute Gasteiger partial charge is 0.488 e. The van der Waals surface area contributed by atoms with Crippen molar-refractivity contribution in [1.29, 1.82) is 0 Å². The van der Waals surface area contributed by atoms with Crippen LogP contribution in [0, 0.1) is 17.8 Å². The van der Waals surface area contributed by atoms with Crippen LogP contribution >= 0.6 is 0 Å². The van der Waals surface area contributed by atoms with Gasteiger partial charge in [-0.3, -0.25) is 4.79 Å². The number of carbonyl (C=O) groups is 1. The minimum atomic E-state index is -1.50. The Morgan fingerprint density at radius 1 is 1.21 bits per heavy atom. The number of rotatable bonds is 13. The van der Waals surface area contributed by atoms with E-state index in [2.05, 4.69) is 13.0 Å². The molecule has 186 valence electrons. The lowest BCUT2D eigenvalue weighted by molar-refractivity contribution is -0.149. The molecule has 0 bridgehead atoms. The lowest BCUT2D eigenvalue weighted by Gasteiger charge is -2.33. The van der Waals surface area contributed by atoms with Gasteiger partial charge in [0.25, 0.3) is 0 Å². The van der Waals surface area contributed by atoms with Gasteiger partial charge in [-0.25, -0.2) is 0 Å². The number of hydrogen-bond donors (Lipinski definition) is 4. The molecule has 1 aromatic rings. The smallest absolute Gasteiger partial charge is 0.307 e. The van der Waals surface area contributed by atoms with E-state index in [1.807, 2.05) is 12.1 Å². The van der Waals surface area contributed by atoms with Gasteiger partial charge in [0.15, 0.2) is 6.29 Å². The minimum absolute atomic E-state index is 0.109. The second-order valence-corrected chi connectivity index (χ2v) is 9.71. The van der Waals surface area contributed by atoms with Crippen LogP contribution in [-0.2, 0) is 22.4 Å². The molecular formula is C26H41NO6. The van der Waals surface area contributed by atoms with Crippen LogP contribution in [0.4, 0.5) is 0 Å². The molecule has 0 unspecified atom stereocenters. The summed E-state index contributed by atoms with van der Waals surface area (Å²) < 4.78 is 11.4. The van der Waals surface area contributed by atoms with E-state index in [9.17, 15) is 9.90 Å². The maximum Gasteiger partial charge on any atom is 0.307 e. The Morgan fingerprint density at radius 3 is 2.76 bits per heavy atom. The molecular weight excluding hydrogens is 422 g/mol. The highest BCUT2D eigenvalue weighted by Gasteiger charge is 2.45. The van der Waals surface area contributed by atoms with Crippen molar-refractivity contribution in [2.75, 3.05) is 13.2 Å². The lowest BCUT2D eigenvalue weighted by atomic mass is 9.73. The van der Waals surface area contributed by atoms with Crippen LogP contribution in [0.3, 0.4) is 0 Å². The average Bonchev–Trinajstić information content (AvgIpc) is 3.08. The lowest BCUT2D eigenvalue weighted by Crippen LogP contribution is -2.29. The van der Waals surface area contributed by atoms with E-state index in [0.29, 0.717) is 24.1 Å². The summed E-state index contributed by atoms with van der Waals surface area (Å²) in [6.45, 7) is 2.31. The standard InChI is InChI=1S/C26H41NO6/c1-2-3-4-7-19(33-26(31)11-12-27)9-10-20-21-13-17-6-5-8-24(32-16-25(29)30)22(17)14-18(21)15-23(20)28/h5-6,8,18-21,23,25,28-30H,2-4,7,9-16,27H2,1H3/t18-,19-,20+,21-,23+/m0/s1. The normalized spacial score (nSPS) is 24.9. The van der Waals surface area contributed by atoms with Crippen molar-refractivity contribution in [3.05, 3.63) is 29.3 Å². The van der Waals surface area contributed by atoms with Crippen LogP contribution in [0.2, 0.25) is 0 Å². The molecule has 0 spiro atoms. The van der Waals surface area contributed by atoms with Gasteiger partial charge in [-0.05, 0) is 79.9 Å². The zero-order valence-electron chi connectivity index (χ0n) is 19.8. The molecule has 33 heavy (non-hydrogen) atoms. The monoisotopic (exact) mass is 463 g/mol. The van der Waals surface area contributed by atoms with Crippen molar-refractivity contribution in [1.82, 2.24) is 0 Å². The number of carbonyl (C=O) groups excluding carboxylic acids is 1. The molecule has 2 aliphatic carbocycles. The number of unbranched alkanes of at least 4 members (excludes halogenated alkanes) is 2. The summed E-state index contributed by atoms with van der Waals surface area (Å²) in [6.07, 6.45) is 6.52. The third-order valence-electron chi connectivity index (χ3n) is 7.33. The molecule has 0 saturated heterocycles. The zero-order chi connectivity index (χ0) is 23.8. The number of ether oxygens (including phenoxy) is 2. The van der Waals surface area contributed by atoms with Crippen LogP contribution in [0.25, 0.3) is 0 Å². The fourth-order valence-electron chi connectivity index (χ4n) is 5.73. The van der Waals surface area contributed by atoms with Crippen LogP contribution in [-0.4, -0.2) is 52.9 Å². The molecule has 1 aromatic carbocycles. The van der Waals surface area contributed by atoms with Gasteiger partial charge >= 0.3 is 5.97 Å². The fourth-order valence-corrected chi connectivity index (χ4v) is 5.73. The third-order valence-corrected chi connectivity index (χ3v) is 7.33. The highest BCUT2D eigenvalue weighted by molar-refractivity contribution is 5.69. The number of aliphatic hydroxyl groups excluding tert-OH is 2. The number of esters is 1. The number of fused-ring (bicyclic) bond motifs is 2. The molecule has 3 rings (SSSR count). The van der Waals surface area contributed by atoms with Gasteiger partial charge in [0.05, 0.1) is 12.5 Å². The molecule has 5 atom stereocenters. The zero-order valence-corrected chi connectivity index (χ0v) is 19.8. The summed E-state index contributed by atoms with van der Waals surface area (Å²) in [5, 5.41) is 29.2. The van der Waals surface area contributed by atoms with Gasteiger partial charge in [0.1, 0.15) is 18.5 Å². The van der Waals surface area contributed by atoms with Crippen molar-refractivity contribution in [3.8, 4) is 5.75 Å². The Kier molecular flexibility index (Phi) is 9.98. The quantitative estimate of drug-likeness (QED) is 0.202. The first kappa shape index (κ1) is 25.9. The van der Waals surface area contributed by atoms with Crippen molar-refractivity contribution in [2.45, 2.75) is 89.6 Å². The van der Waals surface area contributed by atoms with Gasteiger partial charge < -0.3 is 30.5 Å². The Morgan fingerprint density at radius 2 is 2.03 bits per heavy atom. The number of nitrogens with two attached hydrogens (primary N) is 1. The molecule has 0 aromatic heterocycles. The molecule has 0 amide bonds. The highest BCUT2D eigenvalue weighted by atomic mass is 16.5. The van der Waals surface area contributed by atoms with E-state index < -0.39 is 6.29 Å². The summed E-state index contributed by atoms with van der Waals surface area (Å²) in [7, 11) is 0. The average molecular weight is 464 g/mol. The van der Waals surface area contributed by atoms with Crippen LogP contribution in [0.1, 0.15) is 69.4 Å². The van der Waals surface area contributed by atoms with E-state index in [1.165, 1.54) is 5.56 Å². The molecule has 0 heterocycles. The van der Waals surface area contributed by atoms with E-state index >= 15 is 0 Å². The molecule has 5 N–H and O–H groups in total. The SMILES string of the molecule is CCCCC[C@@H](CC[C@@H]1[C@H]2Cc3cccc(OCC(O)O)c3C[C@H]2C[C@H]1O)OC(=O)CCN. The second kappa shape index (κ2) is 12.7. The van der Waals surface area contributed by atoms with E-state index in [-0.39, 0.29) is 37.1 Å². The number of hydrogen-bond acceptors (Lipinski definition) is 7. The number of benzene rings is 1. The van der Waals surface area contributed by atoms with Crippen molar-refractivity contribution >= 4 is 5.97 Å². The number of aliphatic hydroxyl groups is 3. The third kappa shape index (κ3) is 7.15. The fraction of sp³-hybridized carbons (Fsp3) is 0.731. The molecule has 1 saturated carbocycles. The van der Waals surface area contributed by atoms with Gasteiger partial charge in [-0.15, -0.1) is 0 Å². The molecule has 7 heteroatoms. The minimum Gasteiger partial charge on any atom is -0.488 e. The first-order chi connectivity index (χ1) is 15.9. The first-order valence-electron chi connectivity index (χ1n) is 12.6. The van der Waals surface area contributed by atoms with Crippen molar-refractivity contribution in [2.24, 2.45) is 23.5 Å². The van der Waals surface area contributed by atoms with Gasteiger partial charge in [0, 0.05) is 6.54 Å². The predicted octanol–water partition coefficient (Wildman–Crippen LogP) is 2.71. The molecule has 0 aliphatic heterocycles. The second-order valence-electron chi connectivity index (χ2n) is 9.71. The molecule has 1 fully saturated rings.